The molecule has 0 radical (unpaired) electrons. The number of hydrogen-bond donors (Lipinski definition) is 2. The van der Waals surface area contributed by atoms with Crippen molar-refractivity contribution in [1.82, 2.24) is 4.90 Å². The van der Waals surface area contributed by atoms with Crippen molar-refractivity contribution >= 4 is 11.9 Å². The first kappa shape index (κ1) is 18.0. The summed E-state index contributed by atoms with van der Waals surface area (Å²) in [4.78, 5) is 25.2. The monoisotopic (exact) mass is 353 g/mol. The van der Waals surface area contributed by atoms with Gasteiger partial charge < -0.3 is 15.1 Å². The van der Waals surface area contributed by atoms with E-state index in [4.69, 9.17) is 5.11 Å². The Kier molecular flexibility index (Phi) is 5.56. The lowest BCUT2D eigenvalue weighted by Crippen LogP contribution is -2.29. The van der Waals surface area contributed by atoms with Gasteiger partial charge in [-0.15, -0.1) is 0 Å². The fourth-order valence-corrected chi connectivity index (χ4v) is 3.41. The first-order valence-electron chi connectivity index (χ1n) is 8.89. The predicted molar refractivity (Wildman–Crippen MR) is 98.2 cm³/mol. The summed E-state index contributed by atoms with van der Waals surface area (Å²) in [5.41, 5.74) is 2.45. The maximum Gasteiger partial charge on any atom is 0.335 e. The highest BCUT2D eigenvalue weighted by Gasteiger charge is 2.26. The quantitative estimate of drug-likeness (QED) is 0.836. The third-order valence-corrected chi connectivity index (χ3v) is 4.93. The molecule has 0 saturated carbocycles. The van der Waals surface area contributed by atoms with E-state index in [0.717, 1.165) is 37.1 Å². The Labute approximate surface area is 152 Å². The van der Waals surface area contributed by atoms with Crippen LogP contribution in [-0.4, -0.2) is 40.1 Å². The zero-order valence-electron chi connectivity index (χ0n) is 14.6. The molecule has 3 rings (SSSR count). The van der Waals surface area contributed by atoms with E-state index in [0.29, 0.717) is 24.3 Å². The van der Waals surface area contributed by atoms with Crippen LogP contribution in [0.25, 0.3) is 0 Å². The summed E-state index contributed by atoms with van der Waals surface area (Å²) in [5, 5.41) is 18.2. The van der Waals surface area contributed by atoms with Gasteiger partial charge in [-0.05, 0) is 60.6 Å². The van der Waals surface area contributed by atoms with Gasteiger partial charge in [-0.25, -0.2) is 4.79 Å². The molecular weight excluding hydrogens is 330 g/mol. The highest BCUT2D eigenvalue weighted by molar-refractivity contribution is 5.87. The zero-order chi connectivity index (χ0) is 18.5. The van der Waals surface area contributed by atoms with E-state index in [1.54, 1.807) is 24.3 Å². The first-order valence-corrected chi connectivity index (χ1v) is 8.89. The number of nitrogens with zero attached hydrogens (tertiary/aromatic N) is 1. The van der Waals surface area contributed by atoms with Gasteiger partial charge in [-0.1, -0.05) is 24.3 Å². The molecule has 0 aromatic heterocycles. The number of aromatic carboxylic acids is 1. The summed E-state index contributed by atoms with van der Waals surface area (Å²) in [6, 6.07) is 14.0. The molecule has 0 spiro atoms. The average molecular weight is 353 g/mol. The van der Waals surface area contributed by atoms with E-state index in [2.05, 4.69) is 0 Å². The normalized spacial score (nSPS) is 16.6. The first-order chi connectivity index (χ1) is 12.5. The maximum absolute atomic E-state index is 12.4. The number of carbonyl (C=O) groups is 2. The van der Waals surface area contributed by atoms with E-state index in [-0.39, 0.29) is 11.7 Å². The molecule has 2 N–H and O–H groups in total. The van der Waals surface area contributed by atoms with Gasteiger partial charge in [-0.3, -0.25) is 4.79 Å². The van der Waals surface area contributed by atoms with Crippen molar-refractivity contribution in [3.05, 3.63) is 65.2 Å². The van der Waals surface area contributed by atoms with Crippen LogP contribution in [-0.2, 0) is 17.6 Å². The third kappa shape index (κ3) is 4.63. The lowest BCUT2D eigenvalue weighted by Gasteiger charge is -2.17. The lowest BCUT2D eigenvalue weighted by molar-refractivity contribution is -0.130. The number of carboxylic acids is 1. The van der Waals surface area contributed by atoms with Crippen LogP contribution in [0.1, 0.15) is 34.3 Å². The minimum absolute atomic E-state index is 0.168. The maximum atomic E-state index is 12.4. The molecule has 1 heterocycles. The van der Waals surface area contributed by atoms with Crippen molar-refractivity contribution in [1.29, 1.82) is 0 Å². The minimum atomic E-state index is -0.914. The Hall–Kier alpha value is -2.82. The molecule has 5 nitrogen and oxygen atoms in total. The summed E-state index contributed by atoms with van der Waals surface area (Å²) in [6.45, 7) is 1.54. The van der Waals surface area contributed by atoms with Crippen LogP contribution in [0.15, 0.2) is 48.5 Å². The minimum Gasteiger partial charge on any atom is -0.508 e. The van der Waals surface area contributed by atoms with Crippen molar-refractivity contribution < 1.29 is 19.8 Å². The lowest BCUT2D eigenvalue weighted by atomic mass is 9.98. The number of benzene rings is 2. The van der Waals surface area contributed by atoms with Crippen molar-refractivity contribution in [3.63, 3.8) is 0 Å². The number of carbonyl (C=O) groups excluding carboxylic acids is 1. The molecule has 1 unspecified atom stereocenters. The molecule has 136 valence electrons. The van der Waals surface area contributed by atoms with Gasteiger partial charge in [0.05, 0.1) is 5.56 Å². The molecule has 1 amide bonds. The fraction of sp³-hybridized carbons (Fsp3) is 0.333. The molecular formula is C21H23NO4. The third-order valence-electron chi connectivity index (χ3n) is 4.93. The second kappa shape index (κ2) is 8.04. The molecule has 2 aromatic rings. The van der Waals surface area contributed by atoms with Gasteiger partial charge in [0, 0.05) is 19.5 Å². The molecule has 0 aliphatic carbocycles. The van der Waals surface area contributed by atoms with Gasteiger partial charge in [0.2, 0.25) is 5.91 Å². The highest BCUT2D eigenvalue weighted by atomic mass is 16.4. The largest absolute Gasteiger partial charge is 0.508 e. The second-order valence-electron chi connectivity index (χ2n) is 6.87. The summed E-state index contributed by atoms with van der Waals surface area (Å²) < 4.78 is 0. The summed E-state index contributed by atoms with van der Waals surface area (Å²) in [5.74, 6) is -0.0910. The van der Waals surface area contributed by atoms with Crippen molar-refractivity contribution in [2.75, 3.05) is 13.1 Å². The van der Waals surface area contributed by atoms with Crippen molar-refractivity contribution in [2.24, 2.45) is 5.92 Å². The van der Waals surface area contributed by atoms with E-state index >= 15 is 0 Å². The van der Waals surface area contributed by atoms with Crippen LogP contribution >= 0.6 is 0 Å². The Morgan fingerprint density at radius 2 is 1.65 bits per heavy atom. The topological polar surface area (TPSA) is 77.8 Å². The second-order valence-corrected chi connectivity index (χ2v) is 6.87. The number of aromatic hydroxyl groups is 1. The zero-order valence-corrected chi connectivity index (χ0v) is 14.6. The van der Waals surface area contributed by atoms with Crippen LogP contribution in [0.3, 0.4) is 0 Å². The number of likely N-dealkylation sites (tertiary alicyclic amines) is 1. The van der Waals surface area contributed by atoms with Gasteiger partial charge in [-0.2, -0.15) is 0 Å². The van der Waals surface area contributed by atoms with E-state index < -0.39 is 5.97 Å². The van der Waals surface area contributed by atoms with E-state index in [1.165, 1.54) is 0 Å². The molecule has 5 heteroatoms. The highest BCUT2D eigenvalue weighted by Crippen LogP contribution is 2.22. The van der Waals surface area contributed by atoms with Gasteiger partial charge >= 0.3 is 5.97 Å². The predicted octanol–water partition coefficient (Wildman–Crippen LogP) is 3.11. The van der Waals surface area contributed by atoms with Gasteiger partial charge in [0.25, 0.3) is 0 Å². The molecule has 1 aliphatic rings. The van der Waals surface area contributed by atoms with Crippen molar-refractivity contribution in [3.8, 4) is 5.75 Å². The van der Waals surface area contributed by atoms with Crippen LogP contribution in [0, 0.1) is 5.92 Å². The average Bonchev–Trinajstić information content (AvgIpc) is 3.10. The molecule has 1 atom stereocenters. The number of carboxylic acid groups (broad SMARTS) is 1. The Morgan fingerprint density at radius 3 is 2.31 bits per heavy atom. The van der Waals surface area contributed by atoms with Crippen LogP contribution in [0.4, 0.5) is 0 Å². The number of rotatable bonds is 6. The Balaban J connectivity index is 1.47. The molecule has 1 aliphatic heterocycles. The smallest absolute Gasteiger partial charge is 0.335 e. The summed E-state index contributed by atoms with van der Waals surface area (Å²) in [6.07, 6.45) is 3.00. The standard InChI is InChI=1S/C21H23NO4/c23-19-8-3-15(4-9-19)5-10-20(24)22-12-11-17(14-22)13-16-1-6-18(7-2-16)21(25)26/h1-4,6-9,17,23H,5,10-14H2,(H,25,26). The number of aryl methyl sites for hydroxylation is 1. The molecule has 1 saturated heterocycles. The van der Waals surface area contributed by atoms with Crippen LogP contribution in [0.2, 0.25) is 0 Å². The van der Waals surface area contributed by atoms with Crippen molar-refractivity contribution in [2.45, 2.75) is 25.7 Å². The van der Waals surface area contributed by atoms with Crippen LogP contribution < -0.4 is 0 Å². The van der Waals surface area contributed by atoms with E-state index in [9.17, 15) is 14.7 Å². The molecule has 26 heavy (non-hydrogen) atoms. The Morgan fingerprint density at radius 1 is 1.00 bits per heavy atom. The Bertz CT molecular complexity index is 768. The van der Waals surface area contributed by atoms with Gasteiger partial charge in [0.15, 0.2) is 0 Å². The number of phenols is 1. The van der Waals surface area contributed by atoms with Crippen LogP contribution in [0.5, 0.6) is 5.75 Å². The summed E-state index contributed by atoms with van der Waals surface area (Å²) in [7, 11) is 0. The molecule has 1 fully saturated rings. The SMILES string of the molecule is O=C(O)c1ccc(CC2CCN(C(=O)CCc3ccc(O)cc3)C2)cc1. The number of amides is 1. The summed E-state index contributed by atoms with van der Waals surface area (Å²) >= 11 is 0. The molecule has 0 bridgehead atoms. The van der Waals surface area contributed by atoms with E-state index in [1.807, 2.05) is 29.2 Å². The number of phenolic OH excluding ortho intramolecular Hbond substituents is 1. The van der Waals surface area contributed by atoms with Gasteiger partial charge in [0.1, 0.15) is 5.75 Å². The number of hydrogen-bond acceptors (Lipinski definition) is 3. The fourth-order valence-electron chi connectivity index (χ4n) is 3.41. The molecule has 2 aromatic carbocycles.